The zero-order valence-corrected chi connectivity index (χ0v) is 20.2. The van der Waals surface area contributed by atoms with Gasteiger partial charge >= 0.3 is 5.97 Å². The van der Waals surface area contributed by atoms with Gasteiger partial charge in [0, 0.05) is 10.6 Å². The first-order valence-electron chi connectivity index (χ1n) is 9.82. The number of hydrogen-bond acceptors (Lipinski definition) is 7. The standard InChI is InChI=1S/C24H19ClN2O4S2/c1-30-21-10-9-17(12-19(21)25)27-22(28)20(13-18-4-3-11-32-18)26-24(27)33-14-15-5-7-16(8-6-15)23(29)31-2/h3-13H,14H2,1-2H3. The van der Waals surface area contributed by atoms with Crippen LogP contribution < -0.4 is 9.64 Å². The van der Waals surface area contributed by atoms with Crippen molar-refractivity contribution in [2.24, 2.45) is 4.99 Å². The third-order valence-corrected chi connectivity index (χ3v) is 6.91. The monoisotopic (exact) mass is 498 g/mol. The highest BCUT2D eigenvalue weighted by molar-refractivity contribution is 8.13. The molecule has 1 aromatic heterocycles. The number of amidine groups is 1. The Hall–Kier alpha value is -3.07. The van der Waals surface area contributed by atoms with Gasteiger partial charge in [-0.3, -0.25) is 9.69 Å². The Bertz CT molecular complexity index is 1240. The summed E-state index contributed by atoms with van der Waals surface area (Å²) >= 11 is 9.28. The van der Waals surface area contributed by atoms with Crippen LogP contribution in [0.4, 0.5) is 5.69 Å². The number of rotatable bonds is 6. The number of thioether (sulfide) groups is 1. The molecule has 0 aliphatic carbocycles. The molecule has 33 heavy (non-hydrogen) atoms. The second-order valence-corrected chi connectivity index (χ2v) is 9.20. The average Bonchev–Trinajstić information content (AvgIpc) is 3.45. The van der Waals surface area contributed by atoms with E-state index in [2.05, 4.69) is 4.99 Å². The van der Waals surface area contributed by atoms with Crippen LogP contribution in [0.15, 0.2) is 70.7 Å². The van der Waals surface area contributed by atoms with Gasteiger partial charge in [-0.1, -0.05) is 41.6 Å². The van der Waals surface area contributed by atoms with Gasteiger partial charge in [-0.05, 0) is 53.4 Å². The predicted molar refractivity (Wildman–Crippen MR) is 134 cm³/mol. The average molecular weight is 499 g/mol. The largest absolute Gasteiger partial charge is 0.495 e. The van der Waals surface area contributed by atoms with E-state index in [1.165, 1.54) is 37.3 Å². The number of anilines is 1. The topological polar surface area (TPSA) is 68.2 Å². The lowest BCUT2D eigenvalue weighted by Crippen LogP contribution is -2.30. The molecule has 0 unspecified atom stereocenters. The molecule has 0 saturated carbocycles. The molecule has 1 aliphatic rings. The summed E-state index contributed by atoms with van der Waals surface area (Å²) in [6.45, 7) is 0. The molecule has 0 radical (unpaired) electrons. The number of nitrogens with zero attached hydrogens (tertiary/aromatic N) is 2. The van der Waals surface area contributed by atoms with E-state index in [4.69, 9.17) is 21.1 Å². The lowest BCUT2D eigenvalue weighted by atomic mass is 10.1. The lowest BCUT2D eigenvalue weighted by molar-refractivity contribution is -0.113. The van der Waals surface area contributed by atoms with Gasteiger partial charge in [-0.15, -0.1) is 11.3 Å². The van der Waals surface area contributed by atoms with E-state index >= 15 is 0 Å². The van der Waals surface area contributed by atoms with E-state index in [0.29, 0.717) is 38.6 Å². The highest BCUT2D eigenvalue weighted by Gasteiger charge is 2.32. The number of aliphatic imine (C=N–C) groups is 1. The van der Waals surface area contributed by atoms with Crippen LogP contribution >= 0.6 is 34.7 Å². The van der Waals surface area contributed by atoms with Crippen LogP contribution in [0.1, 0.15) is 20.8 Å². The van der Waals surface area contributed by atoms with Crippen LogP contribution in [0.5, 0.6) is 5.75 Å². The fourth-order valence-electron chi connectivity index (χ4n) is 3.13. The molecule has 0 fully saturated rings. The van der Waals surface area contributed by atoms with Crippen LogP contribution in [-0.4, -0.2) is 31.3 Å². The van der Waals surface area contributed by atoms with Crippen molar-refractivity contribution < 1.29 is 19.1 Å². The number of hydrogen-bond donors (Lipinski definition) is 0. The van der Waals surface area contributed by atoms with E-state index in [-0.39, 0.29) is 11.9 Å². The Morgan fingerprint density at radius 1 is 1.18 bits per heavy atom. The molecule has 2 heterocycles. The number of amides is 1. The second kappa shape index (κ2) is 10.2. The van der Waals surface area contributed by atoms with Crippen molar-refractivity contribution in [3.05, 3.63) is 86.7 Å². The van der Waals surface area contributed by atoms with Crippen molar-refractivity contribution in [2.75, 3.05) is 19.1 Å². The molecular weight excluding hydrogens is 480 g/mol. The maximum Gasteiger partial charge on any atom is 0.337 e. The van der Waals surface area contributed by atoms with Gasteiger partial charge in [0.2, 0.25) is 0 Å². The van der Waals surface area contributed by atoms with Crippen molar-refractivity contribution in [1.82, 2.24) is 0 Å². The Morgan fingerprint density at radius 3 is 2.61 bits per heavy atom. The third kappa shape index (κ3) is 5.13. The molecule has 0 spiro atoms. The Morgan fingerprint density at radius 2 is 1.97 bits per heavy atom. The first kappa shape index (κ1) is 23.1. The first-order valence-corrected chi connectivity index (χ1v) is 12.1. The zero-order valence-electron chi connectivity index (χ0n) is 17.8. The summed E-state index contributed by atoms with van der Waals surface area (Å²) in [5.74, 6) is 0.470. The lowest BCUT2D eigenvalue weighted by Gasteiger charge is -2.18. The summed E-state index contributed by atoms with van der Waals surface area (Å²) in [6.07, 6.45) is 1.78. The van der Waals surface area contributed by atoms with Crippen molar-refractivity contribution in [2.45, 2.75) is 5.75 Å². The van der Waals surface area contributed by atoms with Gasteiger partial charge in [-0.2, -0.15) is 0 Å². The number of esters is 1. The molecule has 9 heteroatoms. The molecule has 0 N–H and O–H groups in total. The molecule has 3 aromatic rings. The molecule has 4 rings (SSSR count). The maximum absolute atomic E-state index is 13.3. The van der Waals surface area contributed by atoms with Crippen molar-refractivity contribution in [3.8, 4) is 5.75 Å². The highest BCUT2D eigenvalue weighted by atomic mass is 35.5. The van der Waals surface area contributed by atoms with Gasteiger partial charge in [-0.25, -0.2) is 9.79 Å². The van der Waals surface area contributed by atoms with E-state index in [1.54, 1.807) is 41.3 Å². The van der Waals surface area contributed by atoms with Crippen LogP contribution in [-0.2, 0) is 15.3 Å². The molecule has 2 aromatic carbocycles. The molecule has 1 amide bonds. The second-order valence-electron chi connectivity index (χ2n) is 6.88. The molecule has 168 valence electrons. The summed E-state index contributed by atoms with van der Waals surface area (Å²) in [7, 11) is 2.89. The van der Waals surface area contributed by atoms with Gasteiger partial charge < -0.3 is 9.47 Å². The number of thiophene rings is 1. The Labute approximate surface area is 204 Å². The SMILES string of the molecule is COC(=O)c1ccc(CSC2=NC(=Cc3cccs3)C(=O)N2c2ccc(OC)c(Cl)c2)cc1. The highest BCUT2D eigenvalue weighted by Crippen LogP contribution is 2.35. The minimum absolute atomic E-state index is 0.229. The molecule has 1 aliphatic heterocycles. The smallest absolute Gasteiger partial charge is 0.337 e. The maximum atomic E-state index is 13.3. The number of methoxy groups -OCH3 is 2. The van der Waals surface area contributed by atoms with Gasteiger partial charge in [0.15, 0.2) is 5.17 Å². The van der Waals surface area contributed by atoms with Crippen molar-refractivity contribution >= 4 is 63.5 Å². The van der Waals surface area contributed by atoms with Crippen LogP contribution in [0.25, 0.3) is 6.08 Å². The summed E-state index contributed by atoms with van der Waals surface area (Å²) in [4.78, 5) is 32.1. The van der Waals surface area contributed by atoms with Crippen LogP contribution in [0, 0.1) is 0 Å². The number of benzene rings is 2. The molecule has 0 bridgehead atoms. The van der Waals surface area contributed by atoms with Gasteiger partial charge in [0.05, 0.1) is 30.5 Å². The minimum atomic E-state index is -0.383. The van der Waals surface area contributed by atoms with Crippen molar-refractivity contribution in [1.29, 1.82) is 0 Å². The van der Waals surface area contributed by atoms with Gasteiger partial charge in [0.1, 0.15) is 11.4 Å². The number of halogens is 1. The van der Waals surface area contributed by atoms with Crippen molar-refractivity contribution in [3.63, 3.8) is 0 Å². The fourth-order valence-corrected chi connectivity index (χ4v) is 5.00. The third-order valence-electron chi connectivity index (χ3n) is 4.79. The summed E-state index contributed by atoms with van der Waals surface area (Å²) in [5.41, 5.74) is 2.42. The summed E-state index contributed by atoms with van der Waals surface area (Å²) < 4.78 is 9.97. The molecule has 0 atom stereocenters. The first-order chi connectivity index (χ1) is 16.0. The predicted octanol–water partition coefficient (Wildman–Crippen LogP) is 5.87. The summed E-state index contributed by atoms with van der Waals surface area (Å²) in [6, 6.07) is 16.2. The number of ether oxygens (including phenoxy) is 2. The molecule has 0 saturated heterocycles. The number of carbonyl (C=O) groups excluding carboxylic acids is 2. The Balaban J connectivity index is 1.62. The van der Waals surface area contributed by atoms with E-state index in [1.807, 2.05) is 29.6 Å². The molecular formula is C24H19ClN2O4S2. The van der Waals surface area contributed by atoms with E-state index < -0.39 is 0 Å². The van der Waals surface area contributed by atoms with Gasteiger partial charge in [0.25, 0.3) is 5.91 Å². The zero-order chi connectivity index (χ0) is 23.4. The van der Waals surface area contributed by atoms with E-state index in [0.717, 1.165) is 10.4 Å². The normalized spacial score (nSPS) is 14.5. The van der Waals surface area contributed by atoms with Crippen LogP contribution in [0.3, 0.4) is 0 Å². The summed E-state index contributed by atoms with van der Waals surface area (Å²) in [5, 5.41) is 2.90. The Kier molecular flexibility index (Phi) is 7.17. The number of carbonyl (C=O) groups is 2. The van der Waals surface area contributed by atoms with Crippen LogP contribution in [0.2, 0.25) is 5.02 Å². The fraction of sp³-hybridized carbons (Fsp3) is 0.125. The van der Waals surface area contributed by atoms with E-state index in [9.17, 15) is 9.59 Å². The molecule has 6 nitrogen and oxygen atoms in total. The quantitative estimate of drug-likeness (QED) is 0.314. The minimum Gasteiger partial charge on any atom is -0.495 e.